The number of carbonyl (C=O) groups excluding carboxylic acids is 1. The minimum Gasteiger partial charge on any atom is -0.480 e. The van der Waals surface area contributed by atoms with Gasteiger partial charge in [0.1, 0.15) is 6.04 Å². The van der Waals surface area contributed by atoms with Crippen molar-refractivity contribution in [2.45, 2.75) is 32.2 Å². The van der Waals surface area contributed by atoms with Gasteiger partial charge in [-0.1, -0.05) is 30.3 Å². The van der Waals surface area contributed by atoms with Crippen LogP contribution < -0.4 is 5.32 Å². The van der Waals surface area contributed by atoms with Crippen molar-refractivity contribution in [1.82, 2.24) is 10.2 Å². The van der Waals surface area contributed by atoms with Crippen LogP contribution in [0.15, 0.2) is 30.3 Å². The first-order valence-electron chi connectivity index (χ1n) is 7.38. The minimum atomic E-state index is -1.01. The van der Waals surface area contributed by atoms with E-state index in [0.29, 0.717) is 19.0 Å². The van der Waals surface area contributed by atoms with E-state index in [1.165, 1.54) is 12.5 Å². The fraction of sp³-hybridized carbons (Fsp3) is 0.500. The summed E-state index contributed by atoms with van der Waals surface area (Å²) in [5.74, 6) is -0.421. The van der Waals surface area contributed by atoms with Crippen LogP contribution in [0.2, 0.25) is 0 Å². The summed E-state index contributed by atoms with van der Waals surface area (Å²) >= 11 is 0. The van der Waals surface area contributed by atoms with Crippen LogP contribution in [0.5, 0.6) is 0 Å². The highest BCUT2D eigenvalue weighted by Crippen LogP contribution is 2.21. The van der Waals surface area contributed by atoms with Gasteiger partial charge in [0.15, 0.2) is 0 Å². The molecule has 1 saturated heterocycles. The number of nitrogens with one attached hydrogen (secondary N) is 1. The number of benzene rings is 1. The van der Waals surface area contributed by atoms with Gasteiger partial charge in [-0.3, -0.25) is 4.79 Å². The largest absolute Gasteiger partial charge is 0.480 e. The first-order chi connectivity index (χ1) is 10.1. The first-order valence-corrected chi connectivity index (χ1v) is 7.38. The summed E-state index contributed by atoms with van der Waals surface area (Å²) in [5, 5.41) is 11.3. The lowest BCUT2D eigenvalue weighted by Gasteiger charge is -2.32. The predicted octanol–water partition coefficient (Wildman–Crippen LogP) is 2.12. The molecule has 114 valence electrons. The molecule has 2 rings (SSSR count). The summed E-state index contributed by atoms with van der Waals surface area (Å²) < 4.78 is 0. The zero-order chi connectivity index (χ0) is 15.2. The van der Waals surface area contributed by atoms with Crippen molar-refractivity contribution in [3.8, 4) is 0 Å². The molecular formula is C16H22N2O3. The Balaban J connectivity index is 1.78. The normalized spacial score (nSPS) is 17.3. The number of carbonyl (C=O) groups is 2. The van der Waals surface area contributed by atoms with Crippen LogP contribution >= 0.6 is 0 Å². The van der Waals surface area contributed by atoms with Crippen molar-refractivity contribution < 1.29 is 14.7 Å². The maximum atomic E-state index is 11.9. The molecule has 5 heteroatoms. The van der Waals surface area contributed by atoms with Crippen LogP contribution in [0.3, 0.4) is 0 Å². The number of rotatable bonds is 4. The number of nitrogens with zero attached hydrogens (tertiary/aromatic N) is 1. The Kier molecular flexibility index (Phi) is 5.20. The Morgan fingerprint density at radius 2 is 1.90 bits per heavy atom. The van der Waals surface area contributed by atoms with E-state index in [1.807, 2.05) is 18.2 Å². The van der Waals surface area contributed by atoms with Gasteiger partial charge >= 0.3 is 12.0 Å². The van der Waals surface area contributed by atoms with Gasteiger partial charge in [0.2, 0.25) is 0 Å². The van der Waals surface area contributed by atoms with E-state index in [9.17, 15) is 9.59 Å². The van der Waals surface area contributed by atoms with Gasteiger partial charge in [0.05, 0.1) is 0 Å². The predicted molar refractivity (Wildman–Crippen MR) is 80.1 cm³/mol. The van der Waals surface area contributed by atoms with Gasteiger partial charge in [0.25, 0.3) is 0 Å². The lowest BCUT2D eigenvalue weighted by atomic mass is 9.90. The van der Waals surface area contributed by atoms with Crippen LogP contribution in [0, 0.1) is 5.92 Å². The Bertz CT molecular complexity index is 482. The molecule has 0 saturated carbocycles. The van der Waals surface area contributed by atoms with Gasteiger partial charge in [0, 0.05) is 13.1 Å². The third kappa shape index (κ3) is 4.48. The molecule has 21 heavy (non-hydrogen) atoms. The number of aliphatic carboxylic acids is 1. The summed E-state index contributed by atoms with van der Waals surface area (Å²) in [4.78, 5) is 24.4. The van der Waals surface area contributed by atoms with Crippen LogP contribution in [0.25, 0.3) is 0 Å². The number of carboxylic acids is 1. The van der Waals surface area contributed by atoms with Gasteiger partial charge in [-0.25, -0.2) is 4.79 Å². The number of piperidine rings is 1. The monoisotopic (exact) mass is 290 g/mol. The Labute approximate surface area is 125 Å². The van der Waals surface area contributed by atoms with E-state index in [2.05, 4.69) is 17.4 Å². The topological polar surface area (TPSA) is 69.6 Å². The van der Waals surface area contributed by atoms with Crippen LogP contribution in [-0.2, 0) is 11.2 Å². The maximum absolute atomic E-state index is 11.9. The van der Waals surface area contributed by atoms with E-state index in [1.54, 1.807) is 4.90 Å². The molecule has 2 amide bonds. The molecule has 0 radical (unpaired) electrons. The minimum absolute atomic E-state index is 0.275. The molecular weight excluding hydrogens is 268 g/mol. The third-order valence-electron chi connectivity index (χ3n) is 3.98. The molecule has 0 spiro atoms. The molecule has 2 N–H and O–H groups in total. The zero-order valence-corrected chi connectivity index (χ0v) is 12.3. The summed E-state index contributed by atoms with van der Waals surface area (Å²) in [6.07, 6.45) is 2.97. The lowest BCUT2D eigenvalue weighted by molar-refractivity contribution is -0.138. The second-order valence-electron chi connectivity index (χ2n) is 5.63. The Morgan fingerprint density at radius 1 is 1.29 bits per heavy atom. The summed E-state index contributed by atoms with van der Waals surface area (Å²) in [5.41, 5.74) is 1.33. The number of carboxylic acid groups (broad SMARTS) is 1. The van der Waals surface area contributed by atoms with Gasteiger partial charge < -0.3 is 15.3 Å². The van der Waals surface area contributed by atoms with E-state index >= 15 is 0 Å². The highest BCUT2D eigenvalue weighted by atomic mass is 16.4. The van der Waals surface area contributed by atoms with Crippen LogP contribution in [0.4, 0.5) is 4.79 Å². The number of likely N-dealkylation sites (tertiary alicyclic amines) is 1. The van der Waals surface area contributed by atoms with Crippen molar-refractivity contribution in [2.75, 3.05) is 13.1 Å². The Hall–Kier alpha value is -2.04. The Morgan fingerprint density at radius 3 is 2.48 bits per heavy atom. The number of hydrogen-bond donors (Lipinski definition) is 2. The quantitative estimate of drug-likeness (QED) is 0.892. The number of hydrogen-bond acceptors (Lipinski definition) is 2. The second-order valence-corrected chi connectivity index (χ2v) is 5.63. The third-order valence-corrected chi connectivity index (χ3v) is 3.98. The van der Waals surface area contributed by atoms with Crippen LogP contribution in [0.1, 0.15) is 25.3 Å². The van der Waals surface area contributed by atoms with Crippen molar-refractivity contribution >= 4 is 12.0 Å². The second kappa shape index (κ2) is 7.11. The van der Waals surface area contributed by atoms with Gasteiger partial charge in [-0.2, -0.15) is 0 Å². The van der Waals surface area contributed by atoms with Crippen molar-refractivity contribution in [2.24, 2.45) is 5.92 Å². The fourth-order valence-corrected chi connectivity index (χ4v) is 2.63. The highest BCUT2D eigenvalue weighted by Gasteiger charge is 2.24. The van der Waals surface area contributed by atoms with Crippen molar-refractivity contribution in [3.05, 3.63) is 35.9 Å². The molecule has 0 aliphatic carbocycles. The molecule has 0 unspecified atom stereocenters. The fourth-order valence-electron chi connectivity index (χ4n) is 2.63. The molecule has 1 aromatic rings. The molecule has 0 aromatic heterocycles. The van der Waals surface area contributed by atoms with Crippen LogP contribution in [-0.4, -0.2) is 41.1 Å². The maximum Gasteiger partial charge on any atom is 0.325 e. The molecule has 1 aliphatic rings. The number of amides is 2. The van der Waals surface area contributed by atoms with E-state index in [0.717, 1.165) is 19.3 Å². The molecule has 1 atom stereocenters. The SMILES string of the molecule is C[C@@H](NC(=O)N1CCC(Cc2ccccc2)CC1)C(=O)O. The van der Waals surface area contributed by atoms with Crippen molar-refractivity contribution in [3.63, 3.8) is 0 Å². The summed E-state index contributed by atoms with van der Waals surface area (Å²) in [6.45, 7) is 2.85. The smallest absolute Gasteiger partial charge is 0.325 e. The average molecular weight is 290 g/mol. The highest BCUT2D eigenvalue weighted by molar-refractivity contribution is 5.82. The molecule has 1 heterocycles. The molecule has 5 nitrogen and oxygen atoms in total. The van der Waals surface area contributed by atoms with Crippen molar-refractivity contribution in [1.29, 1.82) is 0 Å². The van der Waals surface area contributed by atoms with Gasteiger partial charge in [-0.05, 0) is 37.7 Å². The molecule has 1 aromatic carbocycles. The zero-order valence-electron chi connectivity index (χ0n) is 12.3. The standard InChI is InChI=1S/C16H22N2O3/c1-12(15(19)20)17-16(21)18-9-7-14(8-10-18)11-13-5-3-2-4-6-13/h2-6,12,14H,7-11H2,1H3,(H,17,21)(H,19,20)/t12-/m1/s1. The van der Waals surface area contributed by atoms with E-state index < -0.39 is 12.0 Å². The van der Waals surface area contributed by atoms with E-state index in [-0.39, 0.29) is 6.03 Å². The summed E-state index contributed by atoms with van der Waals surface area (Å²) in [6, 6.07) is 9.25. The number of urea groups is 1. The van der Waals surface area contributed by atoms with Gasteiger partial charge in [-0.15, -0.1) is 0 Å². The summed E-state index contributed by atoms with van der Waals surface area (Å²) in [7, 11) is 0. The first kappa shape index (κ1) is 15.4. The molecule has 1 aliphatic heterocycles. The lowest BCUT2D eigenvalue weighted by Crippen LogP contribution is -2.49. The molecule has 1 fully saturated rings. The molecule has 0 bridgehead atoms. The van der Waals surface area contributed by atoms with E-state index in [4.69, 9.17) is 5.11 Å². The average Bonchev–Trinajstić information content (AvgIpc) is 2.48.